The van der Waals surface area contributed by atoms with Gasteiger partial charge in [0.15, 0.2) is 0 Å². The molecule has 0 radical (unpaired) electrons. The Morgan fingerprint density at radius 1 is 1.50 bits per heavy atom. The summed E-state index contributed by atoms with van der Waals surface area (Å²) < 4.78 is 0. The maximum atomic E-state index is 11.4. The van der Waals surface area contributed by atoms with Crippen LogP contribution in [0.15, 0.2) is 24.3 Å². The molecule has 0 fully saturated rings. The lowest BCUT2D eigenvalue weighted by atomic mass is 10.1. The lowest BCUT2D eigenvalue weighted by Gasteiger charge is -2.06. The molecule has 1 aromatic rings. The number of anilines is 1. The first-order valence-corrected chi connectivity index (χ1v) is 5.01. The minimum absolute atomic E-state index is 0.0299. The molecule has 0 aromatic heterocycles. The van der Waals surface area contributed by atoms with Crippen molar-refractivity contribution >= 4 is 23.2 Å². The molecule has 1 amide bonds. The Hall–Kier alpha value is -1.02. The third-order valence-electron chi connectivity index (χ3n) is 1.70. The van der Waals surface area contributed by atoms with Gasteiger partial charge in [0.25, 0.3) is 0 Å². The van der Waals surface area contributed by atoms with Gasteiger partial charge in [-0.15, -0.1) is 0 Å². The molecule has 0 aliphatic carbocycles. The minimum Gasteiger partial charge on any atom is -0.326 e. The zero-order valence-electron chi connectivity index (χ0n) is 8.38. The Kier molecular flexibility index (Phi) is 3.96. The average molecular weight is 212 g/mol. The number of benzene rings is 1. The monoisotopic (exact) mass is 211 g/mol. The van der Waals surface area contributed by atoms with Crippen LogP contribution in [0.4, 0.5) is 5.69 Å². The molecule has 1 N–H and O–H groups in total. The van der Waals surface area contributed by atoms with Crippen LogP contribution in [-0.4, -0.2) is 5.91 Å². The third kappa shape index (κ3) is 3.79. The molecule has 0 heterocycles. The fourth-order valence-electron chi connectivity index (χ4n) is 1.15. The van der Waals surface area contributed by atoms with E-state index in [0.29, 0.717) is 17.4 Å². The highest BCUT2D eigenvalue weighted by atomic mass is 35.5. The Morgan fingerprint density at radius 3 is 2.79 bits per heavy atom. The van der Waals surface area contributed by atoms with Crippen LogP contribution in [0, 0.1) is 5.92 Å². The Labute approximate surface area is 89.3 Å². The SMILES string of the molecule is CC(C)CC(=O)Nc1cccc(Cl)c1. The van der Waals surface area contributed by atoms with Crippen molar-refractivity contribution in [3.63, 3.8) is 0 Å². The summed E-state index contributed by atoms with van der Waals surface area (Å²) in [4.78, 5) is 11.4. The molecule has 76 valence electrons. The van der Waals surface area contributed by atoms with E-state index in [1.807, 2.05) is 26.0 Å². The van der Waals surface area contributed by atoms with Crippen LogP contribution in [0.1, 0.15) is 20.3 Å². The van der Waals surface area contributed by atoms with Crippen molar-refractivity contribution in [1.29, 1.82) is 0 Å². The summed E-state index contributed by atoms with van der Waals surface area (Å²) in [7, 11) is 0. The van der Waals surface area contributed by atoms with Crippen LogP contribution in [0.5, 0.6) is 0 Å². The number of rotatable bonds is 3. The van der Waals surface area contributed by atoms with Gasteiger partial charge in [0.1, 0.15) is 0 Å². The zero-order chi connectivity index (χ0) is 10.6. The summed E-state index contributed by atoms with van der Waals surface area (Å²) >= 11 is 5.78. The molecule has 3 heteroatoms. The largest absolute Gasteiger partial charge is 0.326 e. The van der Waals surface area contributed by atoms with E-state index in [4.69, 9.17) is 11.6 Å². The second kappa shape index (κ2) is 5.01. The summed E-state index contributed by atoms with van der Waals surface area (Å²) in [5, 5.41) is 3.42. The number of amides is 1. The molecule has 0 saturated heterocycles. The van der Waals surface area contributed by atoms with Crippen molar-refractivity contribution in [3.8, 4) is 0 Å². The fourth-order valence-corrected chi connectivity index (χ4v) is 1.34. The van der Waals surface area contributed by atoms with Gasteiger partial charge in [0.05, 0.1) is 0 Å². The van der Waals surface area contributed by atoms with Crippen molar-refractivity contribution in [1.82, 2.24) is 0 Å². The summed E-state index contributed by atoms with van der Waals surface area (Å²) in [6, 6.07) is 7.15. The maximum Gasteiger partial charge on any atom is 0.224 e. The highest BCUT2D eigenvalue weighted by molar-refractivity contribution is 6.30. The highest BCUT2D eigenvalue weighted by Crippen LogP contribution is 2.15. The number of halogens is 1. The van der Waals surface area contributed by atoms with E-state index in [2.05, 4.69) is 5.32 Å². The summed E-state index contributed by atoms with van der Waals surface area (Å²) in [6.07, 6.45) is 0.534. The number of hydrogen-bond acceptors (Lipinski definition) is 1. The normalized spacial score (nSPS) is 10.3. The summed E-state index contributed by atoms with van der Waals surface area (Å²) in [6.45, 7) is 4.02. The van der Waals surface area contributed by atoms with E-state index in [-0.39, 0.29) is 5.91 Å². The Balaban J connectivity index is 2.56. The van der Waals surface area contributed by atoms with E-state index in [1.54, 1.807) is 12.1 Å². The molecule has 0 spiro atoms. The van der Waals surface area contributed by atoms with Crippen molar-refractivity contribution in [2.24, 2.45) is 5.92 Å². The number of carbonyl (C=O) groups is 1. The number of hydrogen-bond donors (Lipinski definition) is 1. The van der Waals surface area contributed by atoms with Crippen molar-refractivity contribution in [3.05, 3.63) is 29.3 Å². The van der Waals surface area contributed by atoms with Gasteiger partial charge in [-0.3, -0.25) is 4.79 Å². The molecule has 0 aliphatic rings. The number of carbonyl (C=O) groups excluding carboxylic acids is 1. The second-order valence-corrected chi connectivity index (χ2v) is 4.09. The van der Waals surface area contributed by atoms with E-state index in [9.17, 15) is 4.79 Å². The zero-order valence-corrected chi connectivity index (χ0v) is 9.14. The lowest BCUT2D eigenvalue weighted by molar-refractivity contribution is -0.116. The van der Waals surface area contributed by atoms with Crippen LogP contribution in [0.25, 0.3) is 0 Å². The van der Waals surface area contributed by atoms with E-state index in [0.717, 1.165) is 5.69 Å². The molecule has 0 atom stereocenters. The van der Waals surface area contributed by atoms with Crippen LogP contribution in [0.3, 0.4) is 0 Å². The van der Waals surface area contributed by atoms with Crippen molar-refractivity contribution in [2.45, 2.75) is 20.3 Å². The second-order valence-electron chi connectivity index (χ2n) is 3.66. The van der Waals surface area contributed by atoms with Gasteiger partial charge in [-0.2, -0.15) is 0 Å². The molecule has 0 bridgehead atoms. The molecule has 0 unspecified atom stereocenters. The first-order valence-electron chi connectivity index (χ1n) is 4.63. The average Bonchev–Trinajstić information content (AvgIpc) is 2.01. The minimum atomic E-state index is 0.0299. The van der Waals surface area contributed by atoms with Gasteiger partial charge in [-0.25, -0.2) is 0 Å². The molecule has 0 saturated carbocycles. The molecule has 1 rings (SSSR count). The van der Waals surface area contributed by atoms with Gasteiger partial charge in [0, 0.05) is 17.1 Å². The van der Waals surface area contributed by atoms with Crippen molar-refractivity contribution < 1.29 is 4.79 Å². The molecular formula is C11H14ClNO. The Morgan fingerprint density at radius 2 is 2.21 bits per heavy atom. The van der Waals surface area contributed by atoms with Gasteiger partial charge in [-0.1, -0.05) is 31.5 Å². The van der Waals surface area contributed by atoms with Crippen LogP contribution in [-0.2, 0) is 4.79 Å². The topological polar surface area (TPSA) is 29.1 Å². The molecular weight excluding hydrogens is 198 g/mol. The third-order valence-corrected chi connectivity index (χ3v) is 1.94. The number of nitrogens with one attached hydrogen (secondary N) is 1. The highest BCUT2D eigenvalue weighted by Gasteiger charge is 2.04. The molecule has 1 aromatic carbocycles. The summed E-state index contributed by atoms with van der Waals surface area (Å²) in [5.41, 5.74) is 0.753. The molecule has 0 aliphatic heterocycles. The predicted molar refractivity (Wildman–Crippen MR) is 59.5 cm³/mol. The van der Waals surface area contributed by atoms with Gasteiger partial charge in [0.2, 0.25) is 5.91 Å². The lowest BCUT2D eigenvalue weighted by Crippen LogP contribution is -2.13. The van der Waals surface area contributed by atoms with Gasteiger partial charge < -0.3 is 5.32 Å². The predicted octanol–water partition coefficient (Wildman–Crippen LogP) is 3.32. The van der Waals surface area contributed by atoms with Crippen LogP contribution >= 0.6 is 11.6 Å². The first kappa shape index (κ1) is 11.1. The van der Waals surface area contributed by atoms with E-state index < -0.39 is 0 Å². The van der Waals surface area contributed by atoms with Gasteiger partial charge >= 0.3 is 0 Å². The van der Waals surface area contributed by atoms with E-state index in [1.165, 1.54) is 0 Å². The maximum absolute atomic E-state index is 11.4. The molecule has 14 heavy (non-hydrogen) atoms. The van der Waals surface area contributed by atoms with Crippen molar-refractivity contribution in [2.75, 3.05) is 5.32 Å². The van der Waals surface area contributed by atoms with Gasteiger partial charge in [-0.05, 0) is 24.1 Å². The first-order chi connectivity index (χ1) is 6.58. The Bertz CT molecular complexity index is 323. The van der Waals surface area contributed by atoms with Crippen LogP contribution < -0.4 is 5.32 Å². The van der Waals surface area contributed by atoms with Crippen LogP contribution in [0.2, 0.25) is 5.02 Å². The smallest absolute Gasteiger partial charge is 0.224 e. The fraction of sp³-hybridized carbons (Fsp3) is 0.364. The summed E-state index contributed by atoms with van der Waals surface area (Å²) in [5.74, 6) is 0.399. The standard InChI is InChI=1S/C11H14ClNO/c1-8(2)6-11(14)13-10-5-3-4-9(12)7-10/h3-5,7-8H,6H2,1-2H3,(H,13,14). The quantitative estimate of drug-likeness (QED) is 0.817. The molecule has 2 nitrogen and oxygen atoms in total. The van der Waals surface area contributed by atoms with E-state index >= 15 is 0 Å².